The second-order valence-electron chi connectivity index (χ2n) is 7.08. The van der Waals surface area contributed by atoms with Crippen molar-refractivity contribution in [2.45, 2.75) is 38.1 Å². The molecular weight excluding hydrogens is 320 g/mol. The van der Waals surface area contributed by atoms with Crippen molar-refractivity contribution in [2.75, 3.05) is 27.2 Å². The maximum atomic E-state index is 11.9. The minimum absolute atomic E-state index is 0.00115. The molecule has 1 saturated carbocycles. The number of rotatable bonds is 7. The largest absolute Gasteiger partial charge is 0.466 e. The van der Waals surface area contributed by atoms with E-state index in [2.05, 4.69) is 17.0 Å². The minimum Gasteiger partial charge on any atom is -0.466 e. The molecule has 25 heavy (non-hydrogen) atoms. The molecule has 0 amide bonds. The summed E-state index contributed by atoms with van der Waals surface area (Å²) in [6.45, 7) is 2.02. The molecule has 6 nitrogen and oxygen atoms in total. The van der Waals surface area contributed by atoms with Gasteiger partial charge in [-0.25, -0.2) is 0 Å². The van der Waals surface area contributed by atoms with Gasteiger partial charge in [-0.1, -0.05) is 30.3 Å². The Morgan fingerprint density at radius 3 is 2.56 bits per heavy atom. The highest BCUT2D eigenvalue weighted by molar-refractivity contribution is 5.69. The van der Waals surface area contributed by atoms with Gasteiger partial charge in [-0.2, -0.15) is 0 Å². The van der Waals surface area contributed by atoms with E-state index in [1.165, 1.54) is 5.56 Å². The molecule has 0 bridgehead atoms. The van der Waals surface area contributed by atoms with Crippen molar-refractivity contribution in [3.8, 4) is 0 Å². The van der Waals surface area contributed by atoms with Crippen LogP contribution in [0.15, 0.2) is 30.3 Å². The van der Waals surface area contributed by atoms with E-state index in [0.717, 1.165) is 12.8 Å². The molecule has 138 valence electrons. The van der Waals surface area contributed by atoms with Gasteiger partial charge < -0.3 is 4.74 Å². The number of ether oxygens (including phenoxy) is 1. The molecule has 0 radical (unpaired) electrons. The Labute approximate surface area is 149 Å². The molecular formula is C19H28N2O4. The van der Waals surface area contributed by atoms with Gasteiger partial charge in [-0.15, -0.1) is 0 Å². The Morgan fingerprint density at radius 2 is 2.00 bits per heavy atom. The summed E-state index contributed by atoms with van der Waals surface area (Å²) in [5.74, 6) is -0.394. The average molecular weight is 348 g/mol. The zero-order chi connectivity index (χ0) is 18.4. The number of benzene rings is 1. The van der Waals surface area contributed by atoms with Crippen LogP contribution in [0.4, 0.5) is 0 Å². The third kappa shape index (κ3) is 4.57. The second kappa shape index (κ2) is 8.43. The van der Waals surface area contributed by atoms with E-state index < -0.39 is 0 Å². The zero-order valence-corrected chi connectivity index (χ0v) is 15.3. The van der Waals surface area contributed by atoms with Crippen molar-refractivity contribution in [3.05, 3.63) is 46.0 Å². The van der Waals surface area contributed by atoms with Crippen LogP contribution in [0.25, 0.3) is 0 Å². The third-order valence-electron chi connectivity index (χ3n) is 5.48. The molecule has 0 aromatic heterocycles. The monoisotopic (exact) mass is 348 g/mol. The van der Waals surface area contributed by atoms with Crippen molar-refractivity contribution in [1.29, 1.82) is 0 Å². The summed E-state index contributed by atoms with van der Waals surface area (Å²) in [6, 6.07) is 10.2. The van der Waals surface area contributed by atoms with Crippen molar-refractivity contribution in [3.63, 3.8) is 0 Å². The van der Waals surface area contributed by atoms with E-state index in [9.17, 15) is 14.9 Å². The van der Waals surface area contributed by atoms with Gasteiger partial charge in [0.25, 0.3) is 0 Å². The fourth-order valence-corrected chi connectivity index (χ4v) is 4.15. The van der Waals surface area contributed by atoms with Crippen LogP contribution >= 0.6 is 0 Å². The first-order valence-electron chi connectivity index (χ1n) is 8.89. The normalized spacial score (nSPS) is 26.4. The van der Waals surface area contributed by atoms with Crippen molar-refractivity contribution in [1.82, 2.24) is 4.90 Å². The molecule has 0 spiro atoms. The van der Waals surface area contributed by atoms with Crippen molar-refractivity contribution in [2.24, 2.45) is 11.8 Å². The first-order valence-corrected chi connectivity index (χ1v) is 8.89. The number of hydrogen-bond donors (Lipinski definition) is 0. The molecule has 6 heteroatoms. The predicted octanol–water partition coefficient (Wildman–Crippen LogP) is 3.09. The van der Waals surface area contributed by atoms with Crippen LogP contribution in [-0.4, -0.2) is 43.0 Å². The van der Waals surface area contributed by atoms with Gasteiger partial charge in [0, 0.05) is 22.8 Å². The van der Waals surface area contributed by atoms with E-state index in [1.807, 2.05) is 32.3 Å². The molecule has 1 aliphatic carbocycles. The smallest absolute Gasteiger partial charge is 0.306 e. The molecule has 0 aliphatic heterocycles. The van der Waals surface area contributed by atoms with Crippen LogP contribution in [0.3, 0.4) is 0 Å². The molecule has 0 heterocycles. The van der Waals surface area contributed by atoms with Crippen LogP contribution in [-0.2, 0) is 15.1 Å². The quantitative estimate of drug-likeness (QED) is 0.430. The number of carbonyl (C=O) groups excluding carboxylic acids is 1. The summed E-state index contributed by atoms with van der Waals surface area (Å²) < 4.78 is 5.06. The fraction of sp³-hybridized carbons (Fsp3) is 0.632. The molecule has 2 rings (SSSR count). The van der Waals surface area contributed by atoms with E-state index in [1.54, 1.807) is 6.92 Å². The fourth-order valence-electron chi connectivity index (χ4n) is 4.15. The lowest BCUT2D eigenvalue weighted by atomic mass is 9.65. The van der Waals surface area contributed by atoms with E-state index in [4.69, 9.17) is 4.74 Å². The van der Waals surface area contributed by atoms with Crippen LogP contribution in [0, 0.1) is 22.0 Å². The highest BCUT2D eigenvalue weighted by Crippen LogP contribution is 2.46. The van der Waals surface area contributed by atoms with Crippen molar-refractivity contribution >= 4 is 5.97 Å². The van der Waals surface area contributed by atoms with E-state index in [-0.39, 0.29) is 41.2 Å². The Morgan fingerprint density at radius 1 is 1.32 bits per heavy atom. The average Bonchev–Trinajstić information content (AvgIpc) is 2.57. The number of carbonyl (C=O) groups is 1. The predicted molar refractivity (Wildman–Crippen MR) is 95.7 cm³/mol. The van der Waals surface area contributed by atoms with Crippen LogP contribution in [0.1, 0.15) is 38.2 Å². The first-order chi connectivity index (χ1) is 11.9. The summed E-state index contributed by atoms with van der Waals surface area (Å²) in [5.41, 5.74) is 0.954. The minimum atomic E-state index is -0.252. The summed E-state index contributed by atoms with van der Waals surface area (Å²) in [7, 11) is 4.06. The molecule has 1 fully saturated rings. The van der Waals surface area contributed by atoms with Gasteiger partial charge in [0.2, 0.25) is 6.54 Å². The van der Waals surface area contributed by atoms with Gasteiger partial charge in [-0.05, 0) is 51.8 Å². The topological polar surface area (TPSA) is 72.7 Å². The molecule has 1 aliphatic rings. The number of esters is 1. The highest BCUT2D eigenvalue weighted by atomic mass is 16.6. The second-order valence-corrected chi connectivity index (χ2v) is 7.08. The molecule has 0 saturated heterocycles. The van der Waals surface area contributed by atoms with Gasteiger partial charge in [0.05, 0.1) is 6.61 Å². The molecule has 1 aromatic rings. The molecule has 3 unspecified atom stereocenters. The summed E-state index contributed by atoms with van der Waals surface area (Å²) in [5, 5.41) is 11.2. The summed E-state index contributed by atoms with van der Waals surface area (Å²) >= 11 is 0. The van der Waals surface area contributed by atoms with Gasteiger partial charge in [0.1, 0.15) is 0 Å². The SMILES string of the molecule is CCOC(=O)CC1CCC(c2ccccc2)(N(C)C)CC1C[N+](=O)[O-]. The Kier molecular flexibility index (Phi) is 6.53. The lowest BCUT2D eigenvalue weighted by Crippen LogP contribution is -2.49. The van der Waals surface area contributed by atoms with Crippen molar-refractivity contribution < 1.29 is 14.5 Å². The molecule has 1 aromatic carbocycles. The van der Waals surface area contributed by atoms with E-state index in [0.29, 0.717) is 13.0 Å². The number of hydrogen-bond acceptors (Lipinski definition) is 5. The standard InChI is InChI=1S/C19H28N2O4/c1-4-25-18(22)12-15-10-11-19(20(2)3,13-16(15)14-21(23)24)17-8-6-5-7-9-17/h5-9,15-16H,4,10-14H2,1-3H3. The molecule has 0 N–H and O–H groups in total. The van der Waals surface area contributed by atoms with Crippen LogP contribution < -0.4 is 0 Å². The van der Waals surface area contributed by atoms with Gasteiger partial charge in [0.15, 0.2) is 0 Å². The lowest BCUT2D eigenvalue weighted by molar-refractivity contribution is -0.491. The van der Waals surface area contributed by atoms with E-state index >= 15 is 0 Å². The first kappa shape index (κ1) is 19.4. The maximum Gasteiger partial charge on any atom is 0.306 e. The lowest BCUT2D eigenvalue weighted by Gasteiger charge is -2.48. The number of nitrogens with zero attached hydrogens (tertiary/aromatic N) is 2. The summed E-state index contributed by atoms with van der Waals surface area (Å²) in [6.07, 6.45) is 2.60. The Balaban J connectivity index is 2.26. The third-order valence-corrected chi connectivity index (χ3v) is 5.48. The van der Waals surface area contributed by atoms with Crippen LogP contribution in [0.2, 0.25) is 0 Å². The summed E-state index contributed by atoms with van der Waals surface area (Å²) in [4.78, 5) is 25.0. The van der Waals surface area contributed by atoms with Crippen LogP contribution in [0.5, 0.6) is 0 Å². The zero-order valence-electron chi connectivity index (χ0n) is 15.3. The van der Waals surface area contributed by atoms with Gasteiger partial charge >= 0.3 is 5.97 Å². The molecule has 3 atom stereocenters. The Hall–Kier alpha value is -1.95. The number of nitro groups is 1. The Bertz CT molecular complexity index is 590. The maximum absolute atomic E-state index is 11.9. The highest BCUT2D eigenvalue weighted by Gasteiger charge is 2.45. The van der Waals surface area contributed by atoms with Gasteiger partial charge in [-0.3, -0.25) is 19.8 Å².